The van der Waals surface area contributed by atoms with E-state index in [1.807, 2.05) is 0 Å². The average molecular weight is 354 g/mol. The monoisotopic (exact) mass is 354 g/mol. The van der Waals surface area contributed by atoms with Crippen molar-refractivity contribution in [2.24, 2.45) is 0 Å². The summed E-state index contributed by atoms with van der Waals surface area (Å²) in [5.74, 6) is -2.01. The molecule has 1 aliphatic rings. The van der Waals surface area contributed by atoms with Gasteiger partial charge in [-0.15, -0.1) is 0 Å². The number of ether oxygens (including phenoxy) is 1. The van der Waals surface area contributed by atoms with Gasteiger partial charge in [0.05, 0.1) is 6.07 Å². The Balaban J connectivity index is 1.71. The number of nitrogens with zero attached hydrogens (tertiary/aromatic N) is 1. The lowest BCUT2D eigenvalue weighted by Crippen LogP contribution is -2.46. The summed E-state index contributed by atoms with van der Waals surface area (Å²) >= 11 is 0. The van der Waals surface area contributed by atoms with Gasteiger partial charge in [0, 0.05) is 10.8 Å². The first-order valence-electron chi connectivity index (χ1n) is 8.29. The molecule has 0 spiro atoms. The van der Waals surface area contributed by atoms with Crippen molar-refractivity contribution in [3.63, 3.8) is 0 Å². The molecule has 1 aliphatic carbocycles. The molecule has 0 saturated heterocycles. The van der Waals surface area contributed by atoms with E-state index in [9.17, 15) is 25.1 Å². The van der Waals surface area contributed by atoms with E-state index in [1.165, 1.54) is 0 Å². The second kappa shape index (κ2) is 6.92. The first-order chi connectivity index (χ1) is 12.5. The molecule has 0 bridgehead atoms. The molecule has 134 valence electrons. The SMILES string of the molecule is N#CC1(NC(=O)COC(=O)c2cc(O)c3ccccc3c2O)CCCC1. The highest BCUT2D eigenvalue weighted by Gasteiger charge is 2.35. The lowest BCUT2D eigenvalue weighted by molar-refractivity contribution is -0.125. The van der Waals surface area contributed by atoms with Crippen LogP contribution in [0.3, 0.4) is 0 Å². The first kappa shape index (κ1) is 17.5. The van der Waals surface area contributed by atoms with Gasteiger partial charge in [0.2, 0.25) is 0 Å². The molecule has 26 heavy (non-hydrogen) atoms. The summed E-state index contributed by atoms with van der Waals surface area (Å²) < 4.78 is 4.94. The van der Waals surface area contributed by atoms with E-state index >= 15 is 0 Å². The molecule has 2 aromatic carbocycles. The Morgan fingerprint density at radius 3 is 2.50 bits per heavy atom. The second-order valence-electron chi connectivity index (χ2n) is 6.36. The van der Waals surface area contributed by atoms with E-state index in [2.05, 4.69) is 11.4 Å². The Kier molecular flexibility index (Phi) is 4.67. The number of benzene rings is 2. The fraction of sp³-hybridized carbons (Fsp3) is 0.316. The largest absolute Gasteiger partial charge is 0.507 e. The maximum absolute atomic E-state index is 12.2. The molecule has 0 unspecified atom stereocenters. The maximum Gasteiger partial charge on any atom is 0.342 e. The van der Waals surface area contributed by atoms with Crippen LogP contribution >= 0.6 is 0 Å². The van der Waals surface area contributed by atoms with Crippen molar-refractivity contribution in [1.82, 2.24) is 5.32 Å². The molecule has 0 radical (unpaired) electrons. The minimum Gasteiger partial charge on any atom is -0.507 e. The number of esters is 1. The number of aromatic hydroxyl groups is 2. The number of nitriles is 1. The Morgan fingerprint density at radius 2 is 1.85 bits per heavy atom. The van der Waals surface area contributed by atoms with Crippen LogP contribution in [0.25, 0.3) is 10.8 Å². The van der Waals surface area contributed by atoms with Gasteiger partial charge in [0.25, 0.3) is 5.91 Å². The van der Waals surface area contributed by atoms with Crippen LogP contribution in [-0.4, -0.2) is 34.2 Å². The molecular formula is C19H18N2O5. The molecule has 0 aliphatic heterocycles. The third kappa shape index (κ3) is 3.26. The normalized spacial score (nSPS) is 15.3. The molecule has 7 heteroatoms. The van der Waals surface area contributed by atoms with Crippen LogP contribution < -0.4 is 5.32 Å². The number of carbonyl (C=O) groups is 2. The number of carbonyl (C=O) groups excluding carboxylic acids is 2. The van der Waals surface area contributed by atoms with E-state index < -0.39 is 24.0 Å². The van der Waals surface area contributed by atoms with Gasteiger partial charge in [-0.2, -0.15) is 5.26 Å². The van der Waals surface area contributed by atoms with Crippen molar-refractivity contribution in [3.05, 3.63) is 35.9 Å². The van der Waals surface area contributed by atoms with Gasteiger partial charge in [-0.05, 0) is 31.7 Å². The molecule has 0 atom stereocenters. The molecule has 0 heterocycles. The van der Waals surface area contributed by atoms with Gasteiger partial charge < -0.3 is 20.3 Å². The van der Waals surface area contributed by atoms with Gasteiger partial charge in [0.15, 0.2) is 6.61 Å². The third-order valence-electron chi connectivity index (χ3n) is 4.60. The summed E-state index contributed by atoms with van der Waals surface area (Å²) in [5, 5.41) is 32.9. The number of rotatable bonds is 4. The third-order valence-corrected chi connectivity index (χ3v) is 4.60. The number of hydrogen-bond donors (Lipinski definition) is 3. The quantitative estimate of drug-likeness (QED) is 0.573. The number of amides is 1. The van der Waals surface area contributed by atoms with Crippen LogP contribution in [0.2, 0.25) is 0 Å². The smallest absolute Gasteiger partial charge is 0.342 e. The summed E-state index contributed by atoms with van der Waals surface area (Å²) in [6.07, 6.45) is 2.86. The highest BCUT2D eigenvalue weighted by molar-refractivity contribution is 6.04. The molecule has 1 amide bonds. The zero-order valence-corrected chi connectivity index (χ0v) is 14.0. The van der Waals surface area contributed by atoms with Crippen LogP contribution in [0.15, 0.2) is 30.3 Å². The zero-order valence-electron chi connectivity index (χ0n) is 14.0. The van der Waals surface area contributed by atoms with Crippen molar-refractivity contribution in [3.8, 4) is 17.6 Å². The highest BCUT2D eigenvalue weighted by atomic mass is 16.5. The molecular weight excluding hydrogens is 336 g/mol. The van der Waals surface area contributed by atoms with E-state index in [4.69, 9.17) is 4.74 Å². The minimum atomic E-state index is -0.934. The fourth-order valence-corrected chi connectivity index (χ4v) is 3.25. The Morgan fingerprint density at radius 1 is 1.19 bits per heavy atom. The predicted octanol–water partition coefficient (Wildman–Crippen LogP) is 2.36. The van der Waals surface area contributed by atoms with Gasteiger partial charge >= 0.3 is 5.97 Å². The fourth-order valence-electron chi connectivity index (χ4n) is 3.25. The Labute approximate surface area is 149 Å². The van der Waals surface area contributed by atoms with Crippen molar-refractivity contribution >= 4 is 22.6 Å². The van der Waals surface area contributed by atoms with Crippen LogP contribution in [0.4, 0.5) is 0 Å². The lowest BCUT2D eigenvalue weighted by atomic mass is 10.00. The molecule has 1 fully saturated rings. The zero-order chi connectivity index (χ0) is 18.7. The minimum absolute atomic E-state index is 0.177. The topological polar surface area (TPSA) is 120 Å². The number of phenolic OH excluding ortho intramolecular Hbond substituents is 2. The highest BCUT2D eigenvalue weighted by Crippen LogP contribution is 2.35. The van der Waals surface area contributed by atoms with E-state index in [-0.39, 0.29) is 17.1 Å². The summed E-state index contributed by atoms with van der Waals surface area (Å²) in [6.45, 7) is -0.574. The van der Waals surface area contributed by atoms with Crippen LogP contribution in [0, 0.1) is 11.3 Å². The molecule has 3 rings (SSSR count). The van der Waals surface area contributed by atoms with Gasteiger partial charge in [-0.1, -0.05) is 24.3 Å². The molecule has 1 saturated carbocycles. The second-order valence-corrected chi connectivity index (χ2v) is 6.36. The molecule has 7 nitrogen and oxygen atoms in total. The Bertz CT molecular complexity index is 910. The van der Waals surface area contributed by atoms with E-state index in [1.54, 1.807) is 24.3 Å². The number of nitrogens with one attached hydrogen (secondary N) is 1. The molecule has 2 aromatic rings. The van der Waals surface area contributed by atoms with Crippen molar-refractivity contribution in [2.45, 2.75) is 31.2 Å². The van der Waals surface area contributed by atoms with Crippen molar-refractivity contribution < 1.29 is 24.5 Å². The number of fused-ring (bicyclic) bond motifs is 1. The Hall–Kier alpha value is -3.27. The summed E-state index contributed by atoms with van der Waals surface area (Å²) in [5.41, 5.74) is -1.13. The standard InChI is InChI=1S/C19H18N2O5/c20-11-19(7-3-4-8-19)21-16(23)10-26-18(25)14-9-15(22)12-5-1-2-6-13(12)17(14)24/h1-2,5-6,9,22,24H,3-4,7-8,10H2,(H,21,23). The maximum atomic E-state index is 12.2. The molecule has 3 N–H and O–H groups in total. The van der Waals surface area contributed by atoms with Crippen LogP contribution in [0.1, 0.15) is 36.0 Å². The van der Waals surface area contributed by atoms with Gasteiger partial charge in [-0.3, -0.25) is 4.79 Å². The summed E-state index contributed by atoms with van der Waals surface area (Å²) in [4.78, 5) is 24.2. The van der Waals surface area contributed by atoms with Crippen LogP contribution in [-0.2, 0) is 9.53 Å². The summed E-state index contributed by atoms with van der Waals surface area (Å²) in [7, 11) is 0. The lowest BCUT2D eigenvalue weighted by Gasteiger charge is -2.21. The van der Waals surface area contributed by atoms with E-state index in [0.29, 0.717) is 23.6 Å². The average Bonchev–Trinajstić information content (AvgIpc) is 3.11. The van der Waals surface area contributed by atoms with Crippen LogP contribution in [0.5, 0.6) is 11.5 Å². The van der Waals surface area contributed by atoms with Gasteiger partial charge in [-0.25, -0.2) is 4.79 Å². The first-order valence-corrected chi connectivity index (χ1v) is 8.29. The predicted molar refractivity (Wildman–Crippen MR) is 92.5 cm³/mol. The van der Waals surface area contributed by atoms with E-state index in [0.717, 1.165) is 18.9 Å². The molecule has 0 aromatic heterocycles. The van der Waals surface area contributed by atoms with Gasteiger partial charge in [0.1, 0.15) is 22.6 Å². The number of phenols is 2. The van der Waals surface area contributed by atoms with Crippen molar-refractivity contribution in [2.75, 3.05) is 6.61 Å². The number of hydrogen-bond acceptors (Lipinski definition) is 6. The summed E-state index contributed by atoms with van der Waals surface area (Å²) in [6, 6.07) is 9.74. The van der Waals surface area contributed by atoms with Crippen molar-refractivity contribution in [1.29, 1.82) is 5.26 Å².